The van der Waals surface area contributed by atoms with Crippen LogP contribution in [-0.4, -0.2) is 25.5 Å². The van der Waals surface area contributed by atoms with E-state index in [1.807, 2.05) is 0 Å². The number of anilines is 1. The third kappa shape index (κ3) is 1.84. The number of fused-ring (bicyclic) bond motifs is 4. The maximum atomic E-state index is 4.39. The zero-order valence-electron chi connectivity index (χ0n) is 10.8. The lowest BCUT2D eigenvalue weighted by Gasteiger charge is -2.47. The van der Waals surface area contributed by atoms with E-state index in [0.29, 0.717) is 5.65 Å². The molecule has 3 aliphatic carbocycles. The van der Waals surface area contributed by atoms with Crippen LogP contribution in [0.25, 0.3) is 11.2 Å². The van der Waals surface area contributed by atoms with Crippen LogP contribution in [0.1, 0.15) is 38.5 Å². The normalized spacial score (nSPS) is 29.6. The molecule has 5 nitrogen and oxygen atoms in total. The Morgan fingerprint density at radius 1 is 0.947 bits per heavy atom. The summed E-state index contributed by atoms with van der Waals surface area (Å²) in [7, 11) is 0. The van der Waals surface area contributed by atoms with Crippen molar-refractivity contribution in [2.75, 3.05) is 5.32 Å². The Kier molecular flexibility index (Phi) is 2.40. The van der Waals surface area contributed by atoms with E-state index < -0.39 is 0 Å². The van der Waals surface area contributed by atoms with Gasteiger partial charge in [-0.05, 0) is 44.4 Å². The summed E-state index contributed by atoms with van der Waals surface area (Å²) in [5, 5.41) is 3.67. The molecule has 0 unspecified atom stereocenters. The van der Waals surface area contributed by atoms with E-state index >= 15 is 0 Å². The first-order chi connectivity index (χ1) is 9.35. The molecule has 0 spiro atoms. The van der Waals surface area contributed by atoms with Crippen molar-refractivity contribution in [2.45, 2.75) is 44.1 Å². The van der Waals surface area contributed by atoms with Gasteiger partial charge in [-0.15, -0.1) is 0 Å². The van der Waals surface area contributed by atoms with Crippen LogP contribution in [0.4, 0.5) is 5.82 Å². The molecular formula is C14H17N5. The van der Waals surface area contributed by atoms with E-state index in [1.165, 1.54) is 38.5 Å². The molecule has 0 amide bonds. The largest absolute Gasteiger partial charge is 0.363 e. The maximum Gasteiger partial charge on any atom is 0.183 e. The van der Waals surface area contributed by atoms with Gasteiger partial charge in [-0.1, -0.05) is 0 Å². The molecule has 5 heteroatoms. The van der Waals surface area contributed by atoms with Gasteiger partial charge in [0.05, 0.1) is 0 Å². The number of nitrogens with zero attached hydrogens (tertiary/aromatic N) is 4. The van der Waals surface area contributed by atoms with Gasteiger partial charge in [-0.25, -0.2) is 19.9 Å². The first-order valence-corrected chi connectivity index (χ1v) is 7.05. The molecule has 0 aliphatic heterocycles. The van der Waals surface area contributed by atoms with Crippen LogP contribution in [0.15, 0.2) is 18.7 Å². The fourth-order valence-electron chi connectivity index (χ4n) is 3.57. The SMILES string of the molecule is c1cnc2c(NC34CCC(CC3)CC4)ncnc2n1. The minimum Gasteiger partial charge on any atom is -0.363 e. The van der Waals surface area contributed by atoms with Gasteiger partial charge in [0.25, 0.3) is 0 Å². The van der Waals surface area contributed by atoms with E-state index in [-0.39, 0.29) is 5.54 Å². The summed E-state index contributed by atoms with van der Waals surface area (Å²) in [6.07, 6.45) is 12.8. The monoisotopic (exact) mass is 255 g/mol. The molecule has 3 fully saturated rings. The minimum atomic E-state index is 0.230. The summed E-state index contributed by atoms with van der Waals surface area (Å²) in [4.78, 5) is 17.2. The van der Waals surface area contributed by atoms with Gasteiger partial charge in [-0.2, -0.15) is 0 Å². The van der Waals surface area contributed by atoms with Crippen LogP contribution in [0, 0.1) is 5.92 Å². The Morgan fingerprint density at radius 2 is 1.68 bits per heavy atom. The van der Waals surface area contributed by atoms with Crippen molar-refractivity contribution >= 4 is 17.0 Å². The molecule has 2 heterocycles. The molecule has 1 N–H and O–H groups in total. The summed E-state index contributed by atoms with van der Waals surface area (Å²) in [5.74, 6) is 1.81. The molecule has 3 aliphatic rings. The fraction of sp³-hybridized carbons (Fsp3) is 0.571. The zero-order valence-corrected chi connectivity index (χ0v) is 10.8. The molecular weight excluding hydrogens is 238 g/mol. The second-order valence-corrected chi connectivity index (χ2v) is 5.84. The van der Waals surface area contributed by atoms with Crippen LogP contribution in [0.2, 0.25) is 0 Å². The Balaban J connectivity index is 1.71. The lowest BCUT2D eigenvalue weighted by molar-refractivity contribution is 0.158. The first kappa shape index (κ1) is 11.1. The van der Waals surface area contributed by atoms with Gasteiger partial charge >= 0.3 is 0 Å². The highest BCUT2D eigenvalue weighted by Crippen LogP contribution is 2.45. The summed E-state index contributed by atoms with van der Waals surface area (Å²) >= 11 is 0. The van der Waals surface area contributed by atoms with E-state index in [2.05, 4.69) is 25.3 Å². The zero-order chi connectivity index (χ0) is 12.7. The standard InChI is InChI=1S/C14H17N5/c1-4-14(5-2-10(1)3-6-14)19-13-11-12(17-9-18-13)16-8-7-15-11/h7-10H,1-6H2,(H,16,17,18,19). The third-order valence-electron chi connectivity index (χ3n) is 4.75. The van der Waals surface area contributed by atoms with E-state index in [4.69, 9.17) is 0 Å². The summed E-state index contributed by atoms with van der Waals surface area (Å²) in [6, 6.07) is 0. The van der Waals surface area contributed by atoms with Gasteiger partial charge in [0, 0.05) is 17.9 Å². The van der Waals surface area contributed by atoms with Crippen molar-refractivity contribution < 1.29 is 0 Å². The average Bonchev–Trinajstić information content (AvgIpc) is 2.49. The van der Waals surface area contributed by atoms with Gasteiger partial charge < -0.3 is 5.32 Å². The Hall–Kier alpha value is -1.78. The third-order valence-corrected chi connectivity index (χ3v) is 4.75. The van der Waals surface area contributed by atoms with Crippen molar-refractivity contribution in [1.29, 1.82) is 0 Å². The number of rotatable bonds is 2. The second-order valence-electron chi connectivity index (χ2n) is 5.84. The first-order valence-electron chi connectivity index (χ1n) is 7.05. The molecule has 3 saturated carbocycles. The van der Waals surface area contributed by atoms with Crippen LogP contribution >= 0.6 is 0 Å². The van der Waals surface area contributed by atoms with Crippen LogP contribution in [-0.2, 0) is 0 Å². The van der Waals surface area contributed by atoms with Gasteiger partial charge in [0.2, 0.25) is 0 Å². The molecule has 2 bridgehead atoms. The number of hydrogen-bond acceptors (Lipinski definition) is 5. The van der Waals surface area contributed by atoms with E-state index in [0.717, 1.165) is 17.3 Å². The van der Waals surface area contributed by atoms with Crippen LogP contribution in [0.3, 0.4) is 0 Å². The predicted octanol–water partition coefficient (Wildman–Crippen LogP) is 2.55. The van der Waals surface area contributed by atoms with Crippen molar-refractivity contribution in [3.63, 3.8) is 0 Å². The molecule has 0 aromatic carbocycles. The predicted molar refractivity (Wildman–Crippen MR) is 72.7 cm³/mol. The Morgan fingerprint density at radius 3 is 2.47 bits per heavy atom. The van der Waals surface area contributed by atoms with Gasteiger partial charge in [0.1, 0.15) is 11.8 Å². The highest BCUT2D eigenvalue weighted by molar-refractivity contribution is 5.81. The maximum absolute atomic E-state index is 4.39. The summed E-state index contributed by atoms with van der Waals surface area (Å²) < 4.78 is 0. The molecule has 19 heavy (non-hydrogen) atoms. The molecule has 5 rings (SSSR count). The molecule has 0 radical (unpaired) electrons. The molecule has 2 aromatic rings. The van der Waals surface area contributed by atoms with Crippen molar-refractivity contribution in [3.05, 3.63) is 18.7 Å². The number of hydrogen-bond donors (Lipinski definition) is 1. The lowest BCUT2D eigenvalue weighted by atomic mass is 9.66. The van der Waals surface area contributed by atoms with Crippen molar-refractivity contribution in [2.24, 2.45) is 5.92 Å². The van der Waals surface area contributed by atoms with E-state index in [9.17, 15) is 0 Å². The van der Waals surface area contributed by atoms with Crippen LogP contribution in [0.5, 0.6) is 0 Å². The quantitative estimate of drug-likeness (QED) is 0.893. The molecule has 98 valence electrons. The van der Waals surface area contributed by atoms with Crippen LogP contribution < -0.4 is 5.32 Å². The fourth-order valence-corrected chi connectivity index (χ4v) is 3.57. The molecule has 2 aromatic heterocycles. The lowest BCUT2D eigenvalue weighted by Crippen LogP contribution is -2.46. The van der Waals surface area contributed by atoms with Crippen molar-refractivity contribution in [3.8, 4) is 0 Å². The highest BCUT2D eigenvalue weighted by atomic mass is 15.1. The smallest absolute Gasteiger partial charge is 0.183 e. The molecule has 0 atom stereocenters. The number of aromatic nitrogens is 4. The topological polar surface area (TPSA) is 63.6 Å². The van der Waals surface area contributed by atoms with Gasteiger partial charge in [-0.3, -0.25) is 0 Å². The number of nitrogens with one attached hydrogen (secondary N) is 1. The van der Waals surface area contributed by atoms with Crippen molar-refractivity contribution in [1.82, 2.24) is 19.9 Å². The second kappa shape index (κ2) is 4.11. The van der Waals surface area contributed by atoms with E-state index in [1.54, 1.807) is 18.7 Å². The average molecular weight is 255 g/mol. The Labute approximate surface area is 111 Å². The highest BCUT2D eigenvalue weighted by Gasteiger charge is 2.40. The Bertz CT molecular complexity index is 585. The summed E-state index contributed by atoms with van der Waals surface area (Å²) in [6.45, 7) is 0. The van der Waals surface area contributed by atoms with Gasteiger partial charge in [0.15, 0.2) is 11.5 Å². The minimum absolute atomic E-state index is 0.230. The summed E-state index contributed by atoms with van der Waals surface area (Å²) in [5.41, 5.74) is 1.68. The molecule has 0 saturated heterocycles.